The molecule has 0 fully saturated rings. The summed E-state index contributed by atoms with van der Waals surface area (Å²) in [5, 5.41) is 9.10. The van der Waals surface area contributed by atoms with Gasteiger partial charge in [0.1, 0.15) is 5.82 Å². The summed E-state index contributed by atoms with van der Waals surface area (Å²) in [5.41, 5.74) is 0.403. The van der Waals surface area contributed by atoms with Crippen molar-refractivity contribution in [3.8, 4) is 6.07 Å². The molecule has 0 unspecified atom stereocenters. The maximum Gasteiger partial charge on any atom is 0.251 e. The SMILES string of the molecule is N#CCCc1cc2cccc(F)c2[nH]c1=O. The van der Waals surface area contributed by atoms with Crippen LogP contribution in [0.15, 0.2) is 29.1 Å². The van der Waals surface area contributed by atoms with Gasteiger partial charge in [-0.3, -0.25) is 4.79 Å². The van der Waals surface area contributed by atoms with Crippen LogP contribution in [0.4, 0.5) is 4.39 Å². The van der Waals surface area contributed by atoms with Crippen molar-refractivity contribution in [3.63, 3.8) is 0 Å². The zero-order chi connectivity index (χ0) is 11.5. The van der Waals surface area contributed by atoms with E-state index in [2.05, 4.69) is 4.98 Å². The number of hydrogen-bond donors (Lipinski definition) is 1. The Morgan fingerprint density at radius 2 is 2.25 bits per heavy atom. The van der Waals surface area contributed by atoms with Crippen molar-refractivity contribution >= 4 is 10.9 Å². The molecule has 0 aliphatic heterocycles. The average molecular weight is 216 g/mol. The smallest absolute Gasteiger partial charge is 0.251 e. The molecule has 0 amide bonds. The molecular formula is C12H9FN2O. The van der Waals surface area contributed by atoms with Crippen molar-refractivity contribution in [3.05, 3.63) is 46.0 Å². The molecule has 16 heavy (non-hydrogen) atoms. The summed E-state index contributed by atoms with van der Waals surface area (Å²) in [4.78, 5) is 14.1. The lowest BCUT2D eigenvalue weighted by molar-refractivity contribution is 0.636. The van der Waals surface area contributed by atoms with E-state index in [9.17, 15) is 9.18 Å². The van der Waals surface area contributed by atoms with Crippen molar-refractivity contribution in [2.75, 3.05) is 0 Å². The first-order valence-electron chi connectivity index (χ1n) is 4.90. The maximum atomic E-state index is 13.3. The molecule has 1 heterocycles. The highest BCUT2D eigenvalue weighted by Gasteiger charge is 2.05. The highest BCUT2D eigenvalue weighted by Crippen LogP contribution is 2.14. The zero-order valence-corrected chi connectivity index (χ0v) is 8.46. The molecule has 0 aliphatic carbocycles. The second-order valence-electron chi connectivity index (χ2n) is 3.49. The van der Waals surface area contributed by atoms with E-state index in [1.807, 2.05) is 6.07 Å². The second kappa shape index (κ2) is 4.15. The summed E-state index contributed by atoms with van der Waals surface area (Å²) in [6, 6.07) is 8.22. The van der Waals surface area contributed by atoms with Crippen molar-refractivity contribution in [2.45, 2.75) is 12.8 Å². The van der Waals surface area contributed by atoms with Gasteiger partial charge in [-0.25, -0.2) is 4.39 Å². The Balaban J connectivity index is 2.60. The number of aromatic nitrogens is 1. The average Bonchev–Trinajstić information content (AvgIpc) is 2.28. The lowest BCUT2D eigenvalue weighted by atomic mass is 10.1. The Hall–Kier alpha value is -2.15. The molecule has 0 spiro atoms. The van der Waals surface area contributed by atoms with Crippen LogP contribution in [-0.4, -0.2) is 4.98 Å². The minimum atomic E-state index is -0.443. The Morgan fingerprint density at radius 3 is 3.00 bits per heavy atom. The van der Waals surface area contributed by atoms with E-state index in [-0.39, 0.29) is 17.5 Å². The Morgan fingerprint density at radius 1 is 1.44 bits per heavy atom. The summed E-state index contributed by atoms with van der Waals surface area (Å²) < 4.78 is 13.3. The molecule has 0 radical (unpaired) electrons. The van der Waals surface area contributed by atoms with Crippen LogP contribution in [0.1, 0.15) is 12.0 Å². The Labute approximate surface area is 91.1 Å². The molecule has 1 N–H and O–H groups in total. The van der Waals surface area contributed by atoms with E-state index < -0.39 is 5.82 Å². The number of halogens is 1. The standard InChI is InChI=1S/C12H9FN2O/c13-10-5-1-3-8-7-9(4-2-6-14)12(16)15-11(8)10/h1,3,5,7H,2,4H2,(H,15,16). The number of H-pyrrole nitrogens is 1. The minimum Gasteiger partial charge on any atom is -0.319 e. The third-order valence-corrected chi connectivity index (χ3v) is 2.41. The highest BCUT2D eigenvalue weighted by molar-refractivity contribution is 5.79. The number of pyridine rings is 1. The van der Waals surface area contributed by atoms with Gasteiger partial charge in [0, 0.05) is 17.4 Å². The molecule has 0 saturated heterocycles. The minimum absolute atomic E-state index is 0.216. The van der Waals surface area contributed by atoms with E-state index in [0.717, 1.165) is 0 Å². The third kappa shape index (κ3) is 1.80. The van der Waals surface area contributed by atoms with E-state index in [1.165, 1.54) is 6.07 Å². The molecule has 2 rings (SSSR count). The van der Waals surface area contributed by atoms with E-state index in [0.29, 0.717) is 17.4 Å². The van der Waals surface area contributed by atoms with Gasteiger partial charge < -0.3 is 4.98 Å². The molecule has 1 aromatic heterocycles. The fourth-order valence-electron chi connectivity index (χ4n) is 1.62. The second-order valence-corrected chi connectivity index (χ2v) is 3.49. The van der Waals surface area contributed by atoms with Gasteiger partial charge in [0.05, 0.1) is 11.6 Å². The van der Waals surface area contributed by atoms with Gasteiger partial charge in [-0.15, -0.1) is 0 Å². The van der Waals surface area contributed by atoms with Crippen molar-refractivity contribution in [2.24, 2.45) is 0 Å². The van der Waals surface area contributed by atoms with E-state index in [4.69, 9.17) is 5.26 Å². The monoisotopic (exact) mass is 216 g/mol. The van der Waals surface area contributed by atoms with Crippen LogP contribution >= 0.6 is 0 Å². The van der Waals surface area contributed by atoms with Crippen LogP contribution in [0, 0.1) is 17.1 Å². The molecule has 4 heteroatoms. The van der Waals surface area contributed by atoms with Crippen LogP contribution in [0.5, 0.6) is 0 Å². The first-order valence-corrected chi connectivity index (χ1v) is 4.90. The largest absolute Gasteiger partial charge is 0.319 e. The van der Waals surface area contributed by atoms with Gasteiger partial charge in [0.2, 0.25) is 0 Å². The van der Waals surface area contributed by atoms with Crippen LogP contribution in [0.25, 0.3) is 10.9 Å². The fraction of sp³-hybridized carbons (Fsp3) is 0.167. The summed E-state index contributed by atoms with van der Waals surface area (Å²) in [6.45, 7) is 0. The number of benzene rings is 1. The number of para-hydroxylation sites is 1. The molecule has 80 valence electrons. The normalized spacial score (nSPS) is 10.2. The lowest BCUT2D eigenvalue weighted by Gasteiger charge is -2.02. The Bertz CT molecular complexity index is 625. The van der Waals surface area contributed by atoms with Gasteiger partial charge in [-0.2, -0.15) is 5.26 Å². The number of hydrogen-bond acceptors (Lipinski definition) is 2. The molecule has 0 aliphatic rings. The van der Waals surface area contributed by atoms with Gasteiger partial charge in [0.15, 0.2) is 0 Å². The van der Waals surface area contributed by atoms with Gasteiger partial charge in [-0.1, -0.05) is 12.1 Å². The summed E-state index contributed by atoms with van der Waals surface area (Å²) in [6.07, 6.45) is 0.669. The molecule has 0 atom stereocenters. The van der Waals surface area contributed by atoms with E-state index >= 15 is 0 Å². The predicted molar refractivity (Wildman–Crippen MR) is 58.5 cm³/mol. The fourth-order valence-corrected chi connectivity index (χ4v) is 1.62. The number of nitrogens with zero attached hydrogens (tertiary/aromatic N) is 1. The summed E-state index contributed by atoms with van der Waals surface area (Å²) in [7, 11) is 0. The van der Waals surface area contributed by atoms with E-state index in [1.54, 1.807) is 18.2 Å². The zero-order valence-electron chi connectivity index (χ0n) is 8.46. The molecule has 1 aromatic carbocycles. The summed E-state index contributed by atoms with van der Waals surface area (Å²) >= 11 is 0. The van der Waals surface area contributed by atoms with Crippen molar-refractivity contribution in [1.29, 1.82) is 5.26 Å². The van der Waals surface area contributed by atoms with Crippen LogP contribution in [0.2, 0.25) is 0 Å². The first kappa shape index (κ1) is 10.4. The highest BCUT2D eigenvalue weighted by atomic mass is 19.1. The Kier molecular flexibility index (Phi) is 2.69. The third-order valence-electron chi connectivity index (χ3n) is 2.41. The number of nitriles is 1. The van der Waals surface area contributed by atoms with Crippen LogP contribution < -0.4 is 5.56 Å². The number of fused-ring (bicyclic) bond motifs is 1. The van der Waals surface area contributed by atoms with Gasteiger partial charge >= 0.3 is 0 Å². The molecule has 3 nitrogen and oxygen atoms in total. The number of rotatable bonds is 2. The first-order chi connectivity index (χ1) is 7.72. The quantitative estimate of drug-likeness (QED) is 0.835. The number of aromatic amines is 1. The van der Waals surface area contributed by atoms with Crippen LogP contribution in [-0.2, 0) is 6.42 Å². The maximum absolute atomic E-state index is 13.3. The topological polar surface area (TPSA) is 56.6 Å². The van der Waals surface area contributed by atoms with Crippen molar-refractivity contribution in [1.82, 2.24) is 4.98 Å². The predicted octanol–water partition coefficient (Wildman–Crippen LogP) is 2.12. The van der Waals surface area contributed by atoms with Gasteiger partial charge in [0.25, 0.3) is 5.56 Å². The number of aryl methyl sites for hydroxylation is 1. The lowest BCUT2D eigenvalue weighted by Crippen LogP contribution is -2.12. The molecule has 2 aromatic rings. The molecular weight excluding hydrogens is 207 g/mol. The molecule has 0 saturated carbocycles. The van der Waals surface area contributed by atoms with Gasteiger partial charge in [-0.05, 0) is 18.6 Å². The summed E-state index contributed by atoms with van der Waals surface area (Å²) in [5.74, 6) is -0.443. The molecule has 0 bridgehead atoms. The van der Waals surface area contributed by atoms with Crippen LogP contribution in [0.3, 0.4) is 0 Å². The number of nitrogens with one attached hydrogen (secondary N) is 1. The van der Waals surface area contributed by atoms with Crippen molar-refractivity contribution < 1.29 is 4.39 Å².